The summed E-state index contributed by atoms with van der Waals surface area (Å²) in [4.78, 5) is 19.0. The van der Waals surface area contributed by atoms with Gasteiger partial charge in [0.15, 0.2) is 0 Å². The number of rotatable bonds is 2. The molecule has 0 unspecified atom stereocenters. The molecule has 10 heteroatoms. The van der Waals surface area contributed by atoms with Crippen molar-refractivity contribution >= 4 is 21.2 Å². The van der Waals surface area contributed by atoms with Gasteiger partial charge in [-0.05, 0) is 18.2 Å². The summed E-state index contributed by atoms with van der Waals surface area (Å²) in [5, 5.41) is 8.48. The fraction of sp³-hybridized carbons (Fsp3) is 0.0714. The molecular weight excluding hydrogens is 343 g/mol. The van der Waals surface area contributed by atoms with Crippen molar-refractivity contribution in [2.75, 3.05) is 0 Å². The van der Waals surface area contributed by atoms with Gasteiger partial charge in [-0.2, -0.15) is 5.26 Å². The second-order valence-corrected chi connectivity index (χ2v) is 5.70. The van der Waals surface area contributed by atoms with Crippen LogP contribution >= 0.6 is 0 Å². The van der Waals surface area contributed by atoms with E-state index < -0.39 is 10.1 Å². The molecule has 0 saturated carbocycles. The Morgan fingerprint density at radius 2 is 1.96 bits per heavy atom. The van der Waals surface area contributed by atoms with E-state index in [1.807, 2.05) is 6.07 Å². The number of benzene rings is 1. The smallest absolute Gasteiger partial charge is 0.744 e. The standard InChI is InChI=1S/C9H7N3O3S.C5H5NO.Na/c10-5-4-8-11-6-2-1-3-7(9(6)12-8)16(13,14)15;7-5-3-1-2-4-6-5;/h1-3H,4H2,(H,11,12)(H,13,14,15);1-4H,(H,6,7);/q;;+1/p-1. The van der Waals surface area contributed by atoms with Gasteiger partial charge < -0.3 is 14.5 Å². The Morgan fingerprint density at radius 3 is 2.46 bits per heavy atom. The minimum Gasteiger partial charge on any atom is -0.744 e. The van der Waals surface area contributed by atoms with Crippen LogP contribution in [0, 0.1) is 11.3 Å². The average molecular weight is 354 g/mol. The van der Waals surface area contributed by atoms with Gasteiger partial charge in [-0.25, -0.2) is 13.4 Å². The number of hydrogen-bond acceptors (Lipinski definition) is 6. The first kappa shape index (κ1) is 20.1. The number of para-hydroxylation sites is 1. The van der Waals surface area contributed by atoms with Crippen molar-refractivity contribution < 1.29 is 42.5 Å². The van der Waals surface area contributed by atoms with Gasteiger partial charge in [0.25, 0.3) is 0 Å². The van der Waals surface area contributed by atoms with Crippen LogP contribution < -0.4 is 35.1 Å². The van der Waals surface area contributed by atoms with Gasteiger partial charge in [0.2, 0.25) is 5.56 Å². The summed E-state index contributed by atoms with van der Waals surface area (Å²) in [5.74, 6) is 0.341. The number of nitrogens with zero attached hydrogens (tertiary/aromatic N) is 2. The Bertz CT molecular complexity index is 1000. The van der Waals surface area contributed by atoms with Gasteiger partial charge in [-0.15, -0.1) is 0 Å². The molecular formula is C14H11N4NaO4S. The Morgan fingerprint density at radius 1 is 1.21 bits per heavy atom. The van der Waals surface area contributed by atoms with Crippen molar-refractivity contribution in [3.63, 3.8) is 0 Å². The van der Waals surface area contributed by atoms with Crippen molar-refractivity contribution in [2.45, 2.75) is 11.3 Å². The van der Waals surface area contributed by atoms with Gasteiger partial charge in [-0.1, -0.05) is 12.1 Å². The van der Waals surface area contributed by atoms with Crippen LogP contribution in [0.5, 0.6) is 0 Å². The van der Waals surface area contributed by atoms with Crippen LogP contribution in [0.3, 0.4) is 0 Å². The normalized spacial score (nSPS) is 10.2. The first-order valence-electron chi connectivity index (χ1n) is 6.36. The number of nitrogens with one attached hydrogen (secondary N) is 2. The zero-order chi connectivity index (χ0) is 16.9. The molecule has 2 aromatic heterocycles. The predicted octanol–water partition coefficient (Wildman–Crippen LogP) is -2.09. The molecule has 3 aromatic rings. The Balaban J connectivity index is 0.000000304. The zero-order valence-electron chi connectivity index (χ0n) is 12.7. The Labute approximate surface area is 159 Å². The summed E-state index contributed by atoms with van der Waals surface area (Å²) in [7, 11) is -4.55. The number of H-pyrrole nitrogens is 2. The maximum atomic E-state index is 10.9. The molecule has 1 aromatic carbocycles. The third kappa shape index (κ3) is 5.30. The fourth-order valence-corrected chi connectivity index (χ4v) is 2.43. The maximum Gasteiger partial charge on any atom is 1.00 e. The summed E-state index contributed by atoms with van der Waals surface area (Å²) in [5.41, 5.74) is 0.465. The molecule has 0 aliphatic carbocycles. The second kappa shape index (κ2) is 8.77. The van der Waals surface area contributed by atoms with Crippen LogP contribution in [-0.4, -0.2) is 27.9 Å². The molecule has 0 aliphatic heterocycles. The molecule has 2 N–H and O–H groups in total. The number of aromatic nitrogens is 3. The number of pyridine rings is 1. The second-order valence-electron chi connectivity index (χ2n) is 4.35. The molecule has 0 fully saturated rings. The first-order valence-corrected chi connectivity index (χ1v) is 7.77. The van der Waals surface area contributed by atoms with E-state index in [9.17, 15) is 17.8 Å². The van der Waals surface area contributed by atoms with Crippen LogP contribution in [0.25, 0.3) is 11.0 Å². The van der Waals surface area contributed by atoms with E-state index in [0.29, 0.717) is 11.3 Å². The van der Waals surface area contributed by atoms with E-state index in [1.54, 1.807) is 24.4 Å². The number of imidazole rings is 1. The molecule has 0 radical (unpaired) electrons. The Hall–Kier alpha value is -1.96. The quantitative estimate of drug-likeness (QED) is 0.399. The average Bonchev–Trinajstić information content (AvgIpc) is 2.90. The SMILES string of the molecule is N#CCc1nc2c(S(=O)(=O)[O-])cccc2[nH]1.O=c1cccc[nH]1.[Na+]. The van der Waals surface area contributed by atoms with Crippen molar-refractivity contribution in [3.05, 3.63) is 58.8 Å². The van der Waals surface area contributed by atoms with E-state index in [4.69, 9.17) is 5.26 Å². The van der Waals surface area contributed by atoms with Crippen LogP contribution in [0.1, 0.15) is 5.82 Å². The predicted molar refractivity (Wildman–Crippen MR) is 80.4 cm³/mol. The van der Waals surface area contributed by atoms with E-state index in [0.717, 1.165) is 0 Å². The van der Waals surface area contributed by atoms with Gasteiger partial charge in [0.05, 0.1) is 22.9 Å². The Kier molecular flexibility index (Phi) is 7.34. The van der Waals surface area contributed by atoms with Crippen LogP contribution in [-0.2, 0) is 16.5 Å². The molecule has 24 heavy (non-hydrogen) atoms. The molecule has 0 saturated heterocycles. The third-order valence-electron chi connectivity index (χ3n) is 2.72. The monoisotopic (exact) mass is 354 g/mol. The van der Waals surface area contributed by atoms with Gasteiger partial charge in [0.1, 0.15) is 21.5 Å². The zero-order valence-corrected chi connectivity index (χ0v) is 15.5. The fourth-order valence-electron chi connectivity index (χ4n) is 1.79. The number of hydrogen-bond donors (Lipinski definition) is 2. The summed E-state index contributed by atoms with van der Waals surface area (Å²) in [6, 6.07) is 11.0. The van der Waals surface area contributed by atoms with Crippen molar-refractivity contribution in [2.24, 2.45) is 0 Å². The van der Waals surface area contributed by atoms with Gasteiger partial charge in [0, 0.05) is 12.3 Å². The third-order valence-corrected chi connectivity index (χ3v) is 3.59. The minimum atomic E-state index is -4.55. The molecule has 0 amide bonds. The first-order chi connectivity index (χ1) is 10.9. The molecule has 0 atom stereocenters. The van der Waals surface area contributed by atoms with E-state index in [2.05, 4.69) is 15.0 Å². The molecule has 8 nitrogen and oxygen atoms in total. The van der Waals surface area contributed by atoms with Gasteiger partial charge >= 0.3 is 29.6 Å². The number of nitriles is 1. The molecule has 0 bridgehead atoms. The van der Waals surface area contributed by atoms with Crippen molar-refractivity contribution in [3.8, 4) is 6.07 Å². The summed E-state index contributed by atoms with van der Waals surface area (Å²) >= 11 is 0. The molecule has 118 valence electrons. The minimum absolute atomic E-state index is 0. The summed E-state index contributed by atoms with van der Waals surface area (Å²) < 4.78 is 32.8. The molecule has 2 heterocycles. The van der Waals surface area contributed by atoms with E-state index >= 15 is 0 Å². The van der Waals surface area contributed by atoms with E-state index in [1.165, 1.54) is 18.2 Å². The largest absolute Gasteiger partial charge is 1.00 e. The van der Waals surface area contributed by atoms with Crippen LogP contribution in [0.4, 0.5) is 0 Å². The summed E-state index contributed by atoms with van der Waals surface area (Å²) in [6.45, 7) is 0. The van der Waals surface area contributed by atoms with Gasteiger partial charge in [-0.3, -0.25) is 4.79 Å². The van der Waals surface area contributed by atoms with E-state index in [-0.39, 0.29) is 51.9 Å². The van der Waals surface area contributed by atoms with Crippen LogP contribution in [0.2, 0.25) is 0 Å². The topological polar surface area (TPSA) is 143 Å². The van der Waals surface area contributed by atoms with Crippen molar-refractivity contribution in [1.82, 2.24) is 15.0 Å². The van der Waals surface area contributed by atoms with Crippen LogP contribution in [0.15, 0.2) is 52.3 Å². The number of aromatic amines is 2. The maximum absolute atomic E-state index is 10.9. The summed E-state index contributed by atoms with van der Waals surface area (Å²) in [6.07, 6.45) is 1.63. The molecule has 0 spiro atoms. The van der Waals surface area contributed by atoms with Crippen molar-refractivity contribution in [1.29, 1.82) is 5.26 Å². The molecule has 3 rings (SSSR count). The molecule has 0 aliphatic rings. The number of fused-ring (bicyclic) bond motifs is 1.